The number of aliphatic carboxylic acids is 2. The van der Waals surface area contributed by atoms with Gasteiger partial charge in [-0.1, -0.05) is 43.5 Å². The fourth-order valence-corrected chi connectivity index (χ4v) is 6.64. The Morgan fingerprint density at radius 3 is 2.12 bits per heavy atom. The van der Waals surface area contributed by atoms with Crippen molar-refractivity contribution in [1.82, 2.24) is 15.4 Å². The molecule has 0 saturated heterocycles. The predicted octanol–water partition coefficient (Wildman–Crippen LogP) is 0.539. The zero-order valence-corrected chi connectivity index (χ0v) is 23.6. The molecular weight excluding hydrogens is 540 g/mol. The van der Waals surface area contributed by atoms with Gasteiger partial charge in [-0.25, -0.2) is 17.9 Å². The van der Waals surface area contributed by atoms with Gasteiger partial charge in [0.15, 0.2) is 0 Å². The molecule has 1 fully saturated rings. The van der Waals surface area contributed by atoms with Gasteiger partial charge in [0.25, 0.3) is 0 Å². The number of amides is 2. The quantitative estimate of drug-likeness (QED) is 0.160. The summed E-state index contributed by atoms with van der Waals surface area (Å²) in [6.07, 6.45) is 4.58. The Balaban J connectivity index is 1.73. The number of carboxylic acids is 2. The summed E-state index contributed by atoms with van der Waals surface area (Å²) in [6.45, 7) is 0.0746. The van der Waals surface area contributed by atoms with Crippen LogP contribution in [0.1, 0.15) is 62.5 Å². The molecular formula is C27H40N4O8S. The van der Waals surface area contributed by atoms with E-state index in [1.54, 1.807) is 0 Å². The Kier molecular flexibility index (Phi) is 10.3. The van der Waals surface area contributed by atoms with Crippen LogP contribution in [0.4, 0.5) is 0 Å². The van der Waals surface area contributed by atoms with Crippen LogP contribution in [0, 0.1) is 11.3 Å². The van der Waals surface area contributed by atoms with Gasteiger partial charge in [-0.15, -0.1) is 0 Å². The molecule has 0 unspecified atom stereocenters. The van der Waals surface area contributed by atoms with E-state index in [2.05, 4.69) is 15.4 Å². The van der Waals surface area contributed by atoms with Crippen molar-refractivity contribution in [3.05, 3.63) is 35.4 Å². The number of fused-ring (bicyclic) bond motifs is 1. The maximum atomic E-state index is 13.8. The van der Waals surface area contributed by atoms with Crippen molar-refractivity contribution in [2.75, 3.05) is 19.3 Å². The molecule has 222 valence electrons. The van der Waals surface area contributed by atoms with Crippen molar-refractivity contribution < 1.29 is 37.8 Å². The summed E-state index contributed by atoms with van der Waals surface area (Å²) in [5, 5.41) is 25.5. The molecule has 0 radical (unpaired) electrons. The average Bonchev–Trinajstić information content (AvgIpc) is 3.51. The van der Waals surface area contributed by atoms with Gasteiger partial charge in [0.1, 0.15) is 11.6 Å². The molecule has 3 rings (SSSR count). The number of unbranched alkanes of at least 4 members (excludes halogenated alkanes) is 1. The molecule has 13 heteroatoms. The van der Waals surface area contributed by atoms with E-state index in [0.29, 0.717) is 45.1 Å². The topological polar surface area (TPSA) is 205 Å². The van der Waals surface area contributed by atoms with Crippen molar-refractivity contribution in [1.29, 1.82) is 0 Å². The molecule has 2 atom stereocenters. The molecule has 1 aromatic carbocycles. The van der Waals surface area contributed by atoms with Crippen molar-refractivity contribution in [3.8, 4) is 0 Å². The molecule has 1 aromatic rings. The minimum atomic E-state index is -3.70. The molecule has 0 spiro atoms. The van der Waals surface area contributed by atoms with E-state index >= 15 is 0 Å². The van der Waals surface area contributed by atoms with E-state index in [9.17, 15) is 37.8 Å². The lowest BCUT2D eigenvalue weighted by Gasteiger charge is -2.35. The Bertz CT molecular complexity index is 1190. The molecule has 0 aliphatic heterocycles. The highest BCUT2D eigenvalue weighted by molar-refractivity contribution is 7.88. The van der Waals surface area contributed by atoms with Crippen LogP contribution in [-0.2, 0) is 42.0 Å². The first-order valence-corrected chi connectivity index (χ1v) is 15.5. The Labute approximate surface area is 234 Å². The van der Waals surface area contributed by atoms with Gasteiger partial charge in [-0.2, -0.15) is 0 Å². The molecule has 0 heterocycles. The second-order valence-corrected chi connectivity index (χ2v) is 12.9. The summed E-state index contributed by atoms with van der Waals surface area (Å²) < 4.78 is 25.8. The number of nitrogens with one attached hydrogen (secondary N) is 3. The second-order valence-electron chi connectivity index (χ2n) is 11.2. The predicted molar refractivity (Wildman–Crippen MR) is 147 cm³/mol. The van der Waals surface area contributed by atoms with E-state index in [1.807, 2.05) is 24.3 Å². The molecule has 12 nitrogen and oxygen atoms in total. The fourth-order valence-electron chi connectivity index (χ4n) is 5.89. The summed E-state index contributed by atoms with van der Waals surface area (Å²) in [5.41, 5.74) is 4.57. The van der Waals surface area contributed by atoms with Crippen LogP contribution in [0.3, 0.4) is 0 Å². The number of hydrogen-bond donors (Lipinski definition) is 6. The van der Waals surface area contributed by atoms with Gasteiger partial charge in [0.2, 0.25) is 21.8 Å². The van der Waals surface area contributed by atoms with Crippen LogP contribution < -0.4 is 21.1 Å². The number of carboxylic acid groups (broad SMARTS) is 2. The zero-order chi connectivity index (χ0) is 29.6. The number of sulfonamides is 1. The van der Waals surface area contributed by atoms with Crippen LogP contribution >= 0.6 is 0 Å². The standard InChI is InChI=1S/C27H40N4O8S/c1-40(38,39)31-21(10-4-7-13-28)22(32)29-17-20(23(33)34)14-26(11-5-6-12-26)24(35)30-27(25(36)37)15-18-8-2-3-9-19(18)16-27/h2-3,8-9,20-21,31H,4-7,10-17,28H2,1H3,(H,29,32)(H,30,35)(H,33,34)(H,36,37)/t20-,21-/m0/s1. The summed E-state index contributed by atoms with van der Waals surface area (Å²) >= 11 is 0. The highest BCUT2D eigenvalue weighted by atomic mass is 32.2. The lowest BCUT2D eigenvalue weighted by atomic mass is 9.75. The van der Waals surface area contributed by atoms with Gasteiger partial charge in [0.05, 0.1) is 17.6 Å². The van der Waals surface area contributed by atoms with Crippen LogP contribution in [0.2, 0.25) is 0 Å². The molecule has 0 bridgehead atoms. The van der Waals surface area contributed by atoms with E-state index in [0.717, 1.165) is 17.4 Å². The van der Waals surface area contributed by atoms with Gasteiger partial charge in [-0.3, -0.25) is 14.4 Å². The highest BCUT2D eigenvalue weighted by Crippen LogP contribution is 2.44. The van der Waals surface area contributed by atoms with Crippen molar-refractivity contribution >= 4 is 33.8 Å². The van der Waals surface area contributed by atoms with E-state index in [-0.39, 0.29) is 32.2 Å². The maximum absolute atomic E-state index is 13.8. The van der Waals surface area contributed by atoms with Gasteiger partial charge in [-0.05, 0) is 49.8 Å². The number of carbonyl (C=O) groups is 4. The molecule has 40 heavy (non-hydrogen) atoms. The van der Waals surface area contributed by atoms with E-state index in [4.69, 9.17) is 5.73 Å². The van der Waals surface area contributed by atoms with Gasteiger partial charge >= 0.3 is 11.9 Å². The minimum absolute atomic E-state index is 0.0888. The molecule has 2 amide bonds. The third-order valence-electron chi connectivity index (χ3n) is 8.04. The molecule has 7 N–H and O–H groups in total. The monoisotopic (exact) mass is 580 g/mol. The summed E-state index contributed by atoms with van der Waals surface area (Å²) in [5.74, 6) is -4.65. The van der Waals surface area contributed by atoms with Gasteiger partial charge < -0.3 is 26.6 Å². The second kappa shape index (κ2) is 13.1. The minimum Gasteiger partial charge on any atom is -0.481 e. The summed E-state index contributed by atoms with van der Waals surface area (Å²) in [4.78, 5) is 51.2. The van der Waals surface area contributed by atoms with Crippen molar-refractivity contribution in [2.24, 2.45) is 17.1 Å². The molecule has 2 aliphatic rings. The molecule has 2 aliphatic carbocycles. The zero-order valence-electron chi connectivity index (χ0n) is 22.8. The van der Waals surface area contributed by atoms with Crippen LogP contribution in [0.15, 0.2) is 24.3 Å². The number of benzene rings is 1. The Morgan fingerprint density at radius 1 is 1.02 bits per heavy atom. The lowest BCUT2D eigenvalue weighted by molar-refractivity contribution is -0.151. The number of hydrogen-bond acceptors (Lipinski definition) is 7. The van der Waals surface area contributed by atoms with Crippen LogP contribution in [0.5, 0.6) is 0 Å². The van der Waals surface area contributed by atoms with E-state index in [1.165, 1.54) is 0 Å². The number of nitrogens with two attached hydrogens (primary N) is 1. The summed E-state index contributed by atoms with van der Waals surface area (Å²) in [6, 6.07) is 6.22. The van der Waals surface area contributed by atoms with Gasteiger partial charge in [0, 0.05) is 19.4 Å². The first-order chi connectivity index (χ1) is 18.8. The third kappa shape index (κ3) is 7.79. The van der Waals surface area contributed by atoms with Crippen molar-refractivity contribution in [2.45, 2.75) is 75.8 Å². The first kappa shape index (κ1) is 31.5. The normalized spacial score (nSPS) is 18.9. The SMILES string of the molecule is CS(=O)(=O)N[C@@H](CCCCN)C(=O)NC[C@H](CC1(C(=O)NC2(C(=O)O)Cc3ccccc3C2)CCCC1)C(=O)O. The average molecular weight is 581 g/mol. The largest absolute Gasteiger partial charge is 0.481 e. The molecule has 1 saturated carbocycles. The Hall–Kier alpha value is -3.03. The smallest absolute Gasteiger partial charge is 0.330 e. The lowest BCUT2D eigenvalue weighted by Crippen LogP contribution is -2.59. The third-order valence-corrected chi connectivity index (χ3v) is 8.75. The highest BCUT2D eigenvalue weighted by Gasteiger charge is 2.51. The maximum Gasteiger partial charge on any atom is 0.330 e. The fraction of sp³-hybridized carbons (Fsp3) is 0.630. The first-order valence-electron chi connectivity index (χ1n) is 13.6. The van der Waals surface area contributed by atoms with Crippen molar-refractivity contribution in [3.63, 3.8) is 0 Å². The summed E-state index contributed by atoms with van der Waals surface area (Å²) in [7, 11) is -3.70. The number of rotatable bonds is 15. The molecule has 0 aromatic heterocycles. The van der Waals surface area contributed by atoms with Crippen LogP contribution in [0.25, 0.3) is 0 Å². The number of carbonyl (C=O) groups excluding carboxylic acids is 2. The Morgan fingerprint density at radius 2 is 1.62 bits per heavy atom. The van der Waals surface area contributed by atoms with Crippen LogP contribution in [-0.4, -0.2) is 73.3 Å². The van der Waals surface area contributed by atoms with E-state index < -0.39 is 56.7 Å².